The molecule has 0 radical (unpaired) electrons. The van der Waals surface area contributed by atoms with Crippen LogP contribution in [-0.4, -0.2) is 22.6 Å². The lowest BCUT2D eigenvalue weighted by atomic mass is 9.91. The number of phenolic OH excluding ortho intramolecular Hbond substituents is 1. The van der Waals surface area contributed by atoms with Crippen LogP contribution in [0.2, 0.25) is 0 Å². The second kappa shape index (κ2) is 12.8. The summed E-state index contributed by atoms with van der Waals surface area (Å²) >= 11 is 13.5. The van der Waals surface area contributed by atoms with Crippen molar-refractivity contribution in [1.29, 1.82) is 0 Å². The molecule has 226 valence electrons. The zero-order valence-electron chi connectivity index (χ0n) is 23.3. The molecule has 3 aromatic rings. The van der Waals surface area contributed by atoms with Gasteiger partial charge in [0.15, 0.2) is 11.3 Å². The number of aromatic hydroxyl groups is 1. The van der Waals surface area contributed by atoms with Gasteiger partial charge >= 0.3 is 11.9 Å². The number of carbonyl (C=O) groups excluding carboxylic acids is 2. The number of rotatable bonds is 6. The molecule has 5 rings (SSSR count). The highest BCUT2D eigenvalue weighted by molar-refractivity contribution is 9.11. The molecule has 1 N–H and O–H groups in total. The van der Waals surface area contributed by atoms with Crippen LogP contribution in [0.15, 0.2) is 87.8 Å². The number of hydrogen-bond donors (Lipinski definition) is 1. The molecule has 1 aliphatic carbocycles. The van der Waals surface area contributed by atoms with E-state index in [9.17, 15) is 19.5 Å². The van der Waals surface area contributed by atoms with E-state index in [1.54, 1.807) is 81.4 Å². The Labute approximate surface area is 285 Å². The highest BCUT2D eigenvalue weighted by Crippen LogP contribution is 2.49. The van der Waals surface area contributed by atoms with Gasteiger partial charge < -0.3 is 14.3 Å². The number of ether oxygens (including phenoxy) is 1. The van der Waals surface area contributed by atoms with Crippen molar-refractivity contribution < 1.29 is 33.6 Å². The molecule has 1 aliphatic heterocycles. The Bertz CT molecular complexity index is 1960. The molecule has 12 heteroatoms. The van der Waals surface area contributed by atoms with Crippen LogP contribution in [0.5, 0.6) is 5.75 Å². The van der Waals surface area contributed by atoms with E-state index in [2.05, 4.69) is 63.7 Å². The first-order valence-electron chi connectivity index (χ1n) is 13.0. The average molecular weight is 854 g/mol. The van der Waals surface area contributed by atoms with Crippen molar-refractivity contribution in [2.24, 2.45) is 0 Å². The zero-order chi connectivity index (χ0) is 31.9. The van der Waals surface area contributed by atoms with Gasteiger partial charge in [0.1, 0.15) is 26.9 Å². The molecule has 1 heterocycles. The van der Waals surface area contributed by atoms with Gasteiger partial charge in [-0.25, -0.2) is 9.59 Å². The molecule has 0 aromatic heterocycles. The molecule has 3 aromatic carbocycles. The van der Waals surface area contributed by atoms with E-state index >= 15 is 0 Å². The van der Waals surface area contributed by atoms with E-state index in [4.69, 9.17) is 18.9 Å². The maximum Gasteiger partial charge on any atom is 0.373 e. The molecule has 0 bridgehead atoms. The fraction of sp³-hybridized carbons (Fsp3) is 0.156. The molecule has 0 amide bonds. The molecular weight excluding hydrogens is 832 g/mol. The van der Waals surface area contributed by atoms with Gasteiger partial charge in [0.2, 0.25) is 5.43 Å². The Hall–Kier alpha value is -3.03. The standard InChI is InChI=1S/C32H22Br4O8/c1-32(2,3)44-43-30(39)16-10-8-15(9-11-16)14-41-31(40)18-7-5-4-6-17(18)23-19-12-21(33)26(37)24(35)28(19)42-29-20(23)13-22(34)27(38)25(29)36/h4-13,37H,14H2,1-3H3. The van der Waals surface area contributed by atoms with Gasteiger partial charge in [-0.1, -0.05) is 30.3 Å². The summed E-state index contributed by atoms with van der Waals surface area (Å²) in [5.41, 5.74) is 2.14. The quantitative estimate of drug-likeness (QED) is 0.0779. The minimum atomic E-state index is -0.645. The highest BCUT2D eigenvalue weighted by atomic mass is 79.9. The van der Waals surface area contributed by atoms with Gasteiger partial charge in [0.25, 0.3) is 0 Å². The van der Waals surface area contributed by atoms with Crippen LogP contribution in [0, 0.1) is 0 Å². The van der Waals surface area contributed by atoms with Crippen molar-refractivity contribution >= 4 is 86.6 Å². The first kappa shape index (κ1) is 32.4. The summed E-state index contributed by atoms with van der Waals surface area (Å²) in [5.74, 6) is -1.09. The van der Waals surface area contributed by atoms with Gasteiger partial charge in [-0.2, -0.15) is 4.89 Å². The minimum absolute atomic E-state index is 0.0613. The van der Waals surface area contributed by atoms with E-state index < -0.39 is 17.5 Å². The SMILES string of the molecule is CC(C)(C)OOC(=O)c1ccc(COC(=O)c2ccccc2-c2c3cc(Br)c(=O)c(Br)c-3oc3c(Br)c(O)c(Br)cc23)cc1. The lowest BCUT2D eigenvalue weighted by molar-refractivity contribution is -0.301. The molecule has 0 fully saturated rings. The van der Waals surface area contributed by atoms with Gasteiger partial charge in [-0.15, -0.1) is 0 Å². The van der Waals surface area contributed by atoms with Crippen LogP contribution in [0.4, 0.5) is 0 Å². The molecular formula is C32H22Br4O8. The zero-order valence-corrected chi connectivity index (χ0v) is 29.6. The third kappa shape index (κ3) is 6.50. The lowest BCUT2D eigenvalue weighted by Gasteiger charge is -2.20. The van der Waals surface area contributed by atoms with Crippen LogP contribution < -0.4 is 5.43 Å². The summed E-state index contributed by atoms with van der Waals surface area (Å²) in [5, 5.41) is 11.2. The van der Waals surface area contributed by atoms with Gasteiger partial charge in [0, 0.05) is 16.5 Å². The predicted octanol–water partition coefficient (Wildman–Crippen LogP) is 9.56. The number of hydrogen-bond acceptors (Lipinski definition) is 8. The van der Waals surface area contributed by atoms with E-state index in [1.807, 2.05) is 0 Å². The lowest BCUT2D eigenvalue weighted by Crippen LogP contribution is -2.21. The predicted molar refractivity (Wildman–Crippen MR) is 179 cm³/mol. The maximum atomic E-state index is 13.6. The molecule has 0 atom stereocenters. The van der Waals surface area contributed by atoms with E-state index in [1.165, 1.54) is 0 Å². The number of fused-ring (bicyclic) bond motifs is 2. The normalized spacial score (nSPS) is 11.6. The molecule has 0 saturated heterocycles. The topological polar surface area (TPSA) is 112 Å². The highest BCUT2D eigenvalue weighted by Gasteiger charge is 2.28. The Morgan fingerprint density at radius 3 is 2.23 bits per heavy atom. The smallest absolute Gasteiger partial charge is 0.373 e. The van der Waals surface area contributed by atoms with Gasteiger partial charge in [-0.3, -0.25) is 9.68 Å². The monoisotopic (exact) mass is 850 g/mol. The van der Waals surface area contributed by atoms with Gasteiger partial charge in [0.05, 0.1) is 20.1 Å². The van der Waals surface area contributed by atoms with Crippen molar-refractivity contribution in [2.75, 3.05) is 0 Å². The maximum absolute atomic E-state index is 13.6. The third-order valence-corrected chi connectivity index (χ3v) is 9.02. The van der Waals surface area contributed by atoms with Crippen molar-refractivity contribution in [1.82, 2.24) is 0 Å². The van der Waals surface area contributed by atoms with E-state index in [0.717, 1.165) is 0 Å². The summed E-state index contributed by atoms with van der Waals surface area (Å²) in [4.78, 5) is 48.5. The van der Waals surface area contributed by atoms with Gasteiger partial charge in [-0.05, 0) is 126 Å². The number of carbonyl (C=O) groups is 2. The first-order valence-corrected chi connectivity index (χ1v) is 16.1. The van der Waals surface area contributed by atoms with Crippen LogP contribution in [0.1, 0.15) is 47.1 Å². The van der Waals surface area contributed by atoms with E-state index in [-0.39, 0.29) is 49.2 Å². The van der Waals surface area contributed by atoms with Crippen molar-refractivity contribution in [2.45, 2.75) is 33.0 Å². The molecule has 0 spiro atoms. The molecule has 2 aliphatic rings. The Balaban J connectivity index is 1.52. The van der Waals surface area contributed by atoms with Crippen LogP contribution in [0.3, 0.4) is 0 Å². The van der Waals surface area contributed by atoms with Crippen LogP contribution in [0.25, 0.3) is 33.4 Å². The summed E-state index contributed by atoms with van der Waals surface area (Å²) in [7, 11) is 0. The third-order valence-electron chi connectivity index (χ3n) is 6.37. The van der Waals surface area contributed by atoms with Crippen molar-refractivity contribution in [3.63, 3.8) is 0 Å². The molecule has 0 unspecified atom stereocenters. The second-order valence-electron chi connectivity index (χ2n) is 10.6. The summed E-state index contributed by atoms with van der Waals surface area (Å²) in [6.45, 7) is 5.22. The largest absolute Gasteiger partial charge is 0.505 e. The Kier molecular flexibility index (Phi) is 9.39. The molecule has 0 saturated carbocycles. The Morgan fingerprint density at radius 1 is 0.864 bits per heavy atom. The van der Waals surface area contributed by atoms with Crippen LogP contribution >= 0.6 is 63.7 Å². The molecule has 44 heavy (non-hydrogen) atoms. The fourth-order valence-corrected chi connectivity index (χ4v) is 6.74. The Morgan fingerprint density at radius 2 is 1.55 bits per heavy atom. The van der Waals surface area contributed by atoms with Crippen LogP contribution in [-0.2, 0) is 21.1 Å². The number of esters is 1. The average Bonchev–Trinajstić information content (AvgIpc) is 2.99. The number of phenols is 1. The van der Waals surface area contributed by atoms with E-state index in [0.29, 0.717) is 36.6 Å². The minimum Gasteiger partial charge on any atom is -0.505 e. The van der Waals surface area contributed by atoms with Crippen molar-refractivity contribution in [3.05, 3.63) is 105 Å². The summed E-state index contributed by atoms with van der Waals surface area (Å²) in [6.07, 6.45) is 0. The fourth-order valence-electron chi connectivity index (χ4n) is 4.34. The number of benzene rings is 4. The number of halogens is 4. The molecule has 8 nitrogen and oxygen atoms in total. The van der Waals surface area contributed by atoms with Crippen molar-refractivity contribution in [3.8, 4) is 28.2 Å². The first-order chi connectivity index (χ1) is 20.8. The second-order valence-corrected chi connectivity index (χ2v) is 13.9. The summed E-state index contributed by atoms with van der Waals surface area (Å²) < 4.78 is 13.0. The summed E-state index contributed by atoms with van der Waals surface area (Å²) in [6, 6.07) is 16.7.